The average Bonchev–Trinajstić information content (AvgIpc) is 3.36. The fourth-order valence-electron chi connectivity index (χ4n) is 4.85. The number of hydrogen-bond acceptors (Lipinski definition) is 3. The number of rotatable bonds is 3. The second kappa shape index (κ2) is 6.94. The van der Waals surface area contributed by atoms with Crippen molar-refractivity contribution in [1.82, 2.24) is 25.0 Å². The van der Waals surface area contributed by atoms with Gasteiger partial charge in [0.05, 0.1) is 11.2 Å². The minimum Gasteiger partial charge on any atom is -0.334 e. The maximum atomic E-state index is 12.6. The van der Waals surface area contributed by atoms with E-state index in [-0.39, 0.29) is 11.4 Å². The molecule has 4 heterocycles. The van der Waals surface area contributed by atoms with Crippen molar-refractivity contribution >= 4 is 16.9 Å². The molecule has 6 rings (SSSR count). The summed E-state index contributed by atoms with van der Waals surface area (Å²) in [5, 5.41) is 9.00. The molecule has 2 aromatic heterocycles. The molecule has 0 unspecified atom stereocenters. The molecule has 2 aromatic carbocycles. The van der Waals surface area contributed by atoms with Gasteiger partial charge >= 0.3 is 6.03 Å². The zero-order chi connectivity index (χ0) is 20.8. The lowest BCUT2D eigenvalue weighted by atomic mass is 9.76. The number of nitrogens with one attached hydrogen (secondary N) is 1. The van der Waals surface area contributed by atoms with Gasteiger partial charge in [-0.1, -0.05) is 48.5 Å². The van der Waals surface area contributed by atoms with Crippen LogP contribution in [0.15, 0.2) is 72.9 Å². The van der Waals surface area contributed by atoms with E-state index in [9.17, 15) is 4.79 Å². The van der Waals surface area contributed by atoms with Gasteiger partial charge in [0, 0.05) is 54.4 Å². The Bertz CT molecular complexity index is 1270. The number of nitrogens with zero attached hydrogens (tertiary/aromatic N) is 4. The van der Waals surface area contributed by atoms with Gasteiger partial charge in [0.2, 0.25) is 0 Å². The number of para-hydroxylation sites is 1. The van der Waals surface area contributed by atoms with Crippen LogP contribution < -0.4 is 5.32 Å². The van der Waals surface area contributed by atoms with E-state index in [0.29, 0.717) is 6.54 Å². The monoisotopic (exact) mass is 409 g/mol. The second-order valence-corrected chi connectivity index (χ2v) is 8.59. The van der Waals surface area contributed by atoms with Gasteiger partial charge in [-0.05, 0) is 30.2 Å². The van der Waals surface area contributed by atoms with Gasteiger partial charge in [-0.15, -0.1) is 0 Å². The van der Waals surface area contributed by atoms with Crippen molar-refractivity contribution in [3.05, 3.63) is 84.2 Å². The molecule has 0 saturated carbocycles. The average molecular weight is 409 g/mol. The molecule has 6 heteroatoms. The van der Waals surface area contributed by atoms with Crippen LogP contribution in [-0.4, -0.2) is 38.8 Å². The number of aryl methyl sites for hydroxylation is 1. The molecular formula is C25H23N5O. The maximum absolute atomic E-state index is 12.6. The predicted octanol–water partition coefficient (Wildman–Crippen LogP) is 3.97. The van der Waals surface area contributed by atoms with E-state index in [1.165, 1.54) is 5.69 Å². The van der Waals surface area contributed by atoms with Crippen molar-refractivity contribution in [2.24, 2.45) is 0 Å². The molecule has 0 bridgehead atoms. The summed E-state index contributed by atoms with van der Waals surface area (Å²) in [6.45, 7) is 2.94. The summed E-state index contributed by atoms with van der Waals surface area (Å²) in [4.78, 5) is 19.1. The minimum absolute atomic E-state index is 0.00592. The lowest BCUT2D eigenvalue weighted by Gasteiger charge is -2.47. The minimum atomic E-state index is 0.00592. The molecule has 0 aliphatic carbocycles. The van der Waals surface area contributed by atoms with Crippen LogP contribution in [0.2, 0.25) is 0 Å². The van der Waals surface area contributed by atoms with Crippen LogP contribution in [-0.2, 0) is 18.5 Å². The Morgan fingerprint density at radius 2 is 1.84 bits per heavy atom. The summed E-state index contributed by atoms with van der Waals surface area (Å²) < 4.78 is 2.11. The summed E-state index contributed by atoms with van der Waals surface area (Å²) in [5.41, 5.74) is 5.36. The Hall–Kier alpha value is -3.67. The molecule has 1 N–H and O–H groups in total. The highest BCUT2D eigenvalue weighted by molar-refractivity contribution is 5.83. The van der Waals surface area contributed by atoms with E-state index in [0.717, 1.165) is 53.8 Å². The van der Waals surface area contributed by atoms with Crippen molar-refractivity contribution < 1.29 is 4.79 Å². The first-order valence-corrected chi connectivity index (χ1v) is 10.7. The number of likely N-dealkylation sites (tertiary alicyclic amines) is 1. The summed E-state index contributed by atoms with van der Waals surface area (Å²) >= 11 is 0. The summed E-state index contributed by atoms with van der Waals surface area (Å²) in [7, 11) is 0. The fourth-order valence-corrected chi connectivity index (χ4v) is 4.85. The molecule has 4 aromatic rings. The Labute approximate surface area is 180 Å². The number of benzene rings is 2. The van der Waals surface area contributed by atoms with Crippen molar-refractivity contribution in [3.63, 3.8) is 0 Å². The topological polar surface area (TPSA) is 63.1 Å². The molecule has 1 saturated heterocycles. The molecule has 2 aliphatic heterocycles. The van der Waals surface area contributed by atoms with Crippen LogP contribution >= 0.6 is 0 Å². The first kappa shape index (κ1) is 18.1. The van der Waals surface area contributed by atoms with Gasteiger partial charge < -0.3 is 10.2 Å². The molecule has 154 valence electrons. The number of amides is 2. The second-order valence-electron chi connectivity index (χ2n) is 8.59. The van der Waals surface area contributed by atoms with Gasteiger partial charge in [0.1, 0.15) is 0 Å². The van der Waals surface area contributed by atoms with Crippen molar-refractivity contribution in [1.29, 1.82) is 0 Å². The van der Waals surface area contributed by atoms with E-state index in [2.05, 4.69) is 33.2 Å². The number of pyridine rings is 1. The van der Waals surface area contributed by atoms with Gasteiger partial charge in [-0.3, -0.25) is 9.67 Å². The number of carbonyl (C=O) groups excluding carboxylic acids is 1. The van der Waals surface area contributed by atoms with Crippen LogP contribution in [0.3, 0.4) is 0 Å². The third-order valence-electron chi connectivity index (χ3n) is 6.57. The van der Waals surface area contributed by atoms with Crippen LogP contribution in [0.5, 0.6) is 0 Å². The number of hydrogen-bond donors (Lipinski definition) is 1. The van der Waals surface area contributed by atoms with E-state index >= 15 is 0 Å². The van der Waals surface area contributed by atoms with Crippen LogP contribution in [0.4, 0.5) is 4.79 Å². The lowest BCUT2D eigenvalue weighted by Crippen LogP contribution is -2.62. The maximum Gasteiger partial charge on any atom is 0.317 e. The number of fused-ring (bicyclic) bond motifs is 3. The van der Waals surface area contributed by atoms with Crippen molar-refractivity contribution in [2.75, 3.05) is 13.1 Å². The first-order chi connectivity index (χ1) is 15.2. The Morgan fingerprint density at radius 1 is 1.03 bits per heavy atom. The van der Waals surface area contributed by atoms with Gasteiger partial charge in [-0.25, -0.2) is 4.79 Å². The van der Waals surface area contributed by atoms with Crippen LogP contribution in [0.25, 0.3) is 22.2 Å². The largest absolute Gasteiger partial charge is 0.334 e. The predicted molar refractivity (Wildman–Crippen MR) is 120 cm³/mol. The molecule has 0 radical (unpaired) electrons. The number of aromatic nitrogens is 3. The molecular weight excluding hydrogens is 386 g/mol. The molecule has 2 amide bonds. The summed E-state index contributed by atoms with van der Waals surface area (Å²) in [5.74, 6) is 0. The van der Waals surface area contributed by atoms with E-state index < -0.39 is 0 Å². The lowest BCUT2D eigenvalue weighted by molar-refractivity contribution is 0.0919. The molecule has 0 atom stereocenters. The highest BCUT2D eigenvalue weighted by Gasteiger charge is 2.51. The third-order valence-corrected chi connectivity index (χ3v) is 6.57. The van der Waals surface area contributed by atoms with E-state index in [4.69, 9.17) is 5.10 Å². The highest BCUT2D eigenvalue weighted by Crippen LogP contribution is 2.43. The quantitative estimate of drug-likeness (QED) is 0.557. The van der Waals surface area contributed by atoms with Crippen LogP contribution in [0.1, 0.15) is 17.7 Å². The van der Waals surface area contributed by atoms with E-state index in [1.807, 2.05) is 59.6 Å². The van der Waals surface area contributed by atoms with Gasteiger partial charge in [0.25, 0.3) is 0 Å². The summed E-state index contributed by atoms with van der Waals surface area (Å²) in [6, 6.07) is 22.5. The number of urea groups is 1. The zero-order valence-corrected chi connectivity index (χ0v) is 17.2. The number of carbonyl (C=O) groups is 1. The van der Waals surface area contributed by atoms with Gasteiger partial charge in [0.15, 0.2) is 0 Å². The Morgan fingerprint density at radius 3 is 2.71 bits per heavy atom. The summed E-state index contributed by atoms with van der Waals surface area (Å²) in [6.07, 6.45) is 2.94. The molecule has 31 heavy (non-hydrogen) atoms. The van der Waals surface area contributed by atoms with Crippen LogP contribution in [0, 0.1) is 0 Å². The smallest absolute Gasteiger partial charge is 0.317 e. The van der Waals surface area contributed by atoms with Crippen molar-refractivity contribution in [3.8, 4) is 11.3 Å². The first-order valence-electron chi connectivity index (χ1n) is 10.7. The molecule has 1 spiro atoms. The molecule has 2 aliphatic rings. The zero-order valence-electron chi connectivity index (χ0n) is 17.2. The highest BCUT2D eigenvalue weighted by atomic mass is 16.2. The molecule has 6 nitrogen and oxygen atoms in total. The normalized spacial score (nSPS) is 16.3. The van der Waals surface area contributed by atoms with Crippen molar-refractivity contribution in [2.45, 2.75) is 24.9 Å². The third kappa shape index (κ3) is 3.06. The fraction of sp³-hybridized carbons (Fsp3) is 0.240. The standard InChI is InChI=1S/C25H23N5O/c31-24(27-14-18-6-2-1-3-7-18)29-16-25(17-29)10-11-30-23(25)13-22(28-30)20-12-19-8-4-5-9-21(19)26-15-20/h1-9,12-13,15H,10-11,14,16-17H2,(H,27,31). The molecule has 1 fully saturated rings. The van der Waals surface area contributed by atoms with E-state index in [1.54, 1.807) is 0 Å². The van der Waals surface area contributed by atoms with Gasteiger partial charge in [-0.2, -0.15) is 5.10 Å². The SMILES string of the molecule is O=C(NCc1ccccc1)N1CC2(CCn3nc(-c4cnc5ccccc5c4)cc32)C1. The Kier molecular flexibility index (Phi) is 4.06. The Balaban J connectivity index is 1.17.